The molecule has 0 bridgehead atoms. The fraction of sp³-hybridized carbons (Fsp3) is 0.448. The van der Waals surface area contributed by atoms with E-state index in [9.17, 15) is 30.7 Å². The Bertz CT molecular complexity index is 1100. The van der Waals surface area contributed by atoms with Gasteiger partial charge in [0.1, 0.15) is 17.5 Å². The standard InChI is InChI=1S/C29H29F7/c1-16(30)28(35)22-14-23(31)27(24(32)15-22)20-10-6-18(7-11-20)3-2-17-4-8-19(9-5-17)21-12-25(33)29(36)26(34)13-21/h2-3,12-15,17-20H,4-11H2,1H3. The first-order valence-corrected chi connectivity index (χ1v) is 12.5. The minimum Gasteiger partial charge on any atom is -0.209 e. The molecule has 0 aliphatic heterocycles. The summed E-state index contributed by atoms with van der Waals surface area (Å²) in [6.07, 6.45) is 10.3. The molecular formula is C29H29F7. The lowest BCUT2D eigenvalue weighted by Gasteiger charge is -2.29. The minimum atomic E-state index is -1.44. The van der Waals surface area contributed by atoms with Crippen molar-refractivity contribution in [2.45, 2.75) is 70.1 Å². The highest BCUT2D eigenvalue weighted by molar-refractivity contribution is 5.61. The van der Waals surface area contributed by atoms with E-state index >= 15 is 0 Å². The molecule has 2 aliphatic carbocycles. The van der Waals surface area contributed by atoms with Gasteiger partial charge in [-0.1, -0.05) is 12.2 Å². The van der Waals surface area contributed by atoms with Crippen molar-refractivity contribution >= 4 is 5.83 Å². The molecule has 2 saturated carbocycles. The van der Waals surface area contributed by atoms with Gasteiger partial charge in [0.05, 0.1) is 0 Å². The van der Waals surface area contributed by atoms with Gasteiger partial charge < -0.3 is 0 Å². The molecular weight excluding hydrogens is 481 g/mol. The van der Waals surface area contributed by atoms with Gasteiger partial charge in [0.15, 0.2) is 23.3 Å². The Hall–Kier alpha value is -2.57. The van der Waals surface area contributed by atoms with Crippen LogP contribution in [0.15, 0.2) is 42.2 Å². The summed E-state index contributed by atoms with van der Waals surface area (Å²) in [5.41, 5.74) is 0.00510. The molecule has 7 heteroatoms. The van der Waals surface area contributed by atoms with Crippen LogP contribution in [-0.4, -0.2) is 0 Å². The van der Waals surface area contributed by atoms with Gasteiger partial charge >= 0.3 is 0 Å². The second-order valence-corrected chi connectivity index (χ2v) is 10.1. The monoisotopic (exact) mass is 510 g/mol. The molecule has 2 aromatic carbocycles. The van der Waals surface area contributed by atoms with Crippen LogP contribution in [0, 0.1) is 40.9 Å². The molecule has 0 spiro atoms. The van der Waals surface area contributed by atoms with Crippen molar-refractivity contribution in [1.82, 2.24) is 0 Å². The first kappa shape index (κ1) is 26.5. The highest BCUT2D eigenvalue weighted by Crippen LogP contribution is 2.41. The van der Waals surface area contributed by atoms with Gasteiger partial charge in [-0.15, -0.1) is 0 Å². The highest BCUT2D eigenvalue weighted by atomic mass is 19.2. The lowest BCUT2D eigenvalue weighted by atomic mass is 9.76. The first-order valence-electron chi connectivity index (χ1n) is 12.5. The SMILES string of the molecule is CC(F)=C(F)c1cc(F)c(C2CCC(C=CC3CCC(c4cc(F)c(F)c(F)c4)CC3)CC2)c(F)c1. The predicted molar refractivity (Wildman–Crippen MR) is 126 cm³/mol. The van der Waals surface area contributed by atoms with Crippen molar-refractivity contribution in [2.24, 2.45) is 11.8 Å². The van der Waals surface area contributed by atoms with Crippen LogP contribution < -0.4 is 0 Å². The number of allylic oxidation sites excluding steroid dienone is 3. The van der Waals surface area contributed by atoms with Crippen molar-refractivity contribution in [2.75, 3.05) is 0 Å². The number of benzene rings is 2. The van der Waals surface area contributed by atoms with Crippen molar-refractivity contribution in [3.05, 3.63) is 88.0 Å². The third kappa shape index (κ3) is 5.87. The van der Waals surface area contributed by atoms with Crippen LogP contribution in [0.1, 0.15) is 86.8 Å². The first-order chi connectivity index (χ1) is 17.1. The van der Waals surface area contributed by atoms with Crippen LogP contribution in [0.3, 0.4) is 0 Å². The van der Waals surface area contributed by atoms with Crippen LogP contribution >= 0.6 is 0 Å². The normalized spacial score (nSPS) is 25.8. The van der Waals surface area contributed by atoms with E-state index in [2.05, 4.69) is 12.2 Å². The second-order valence-electron chi connectivity index (χ2n) is 10.1. The van der Waals surface area contributed by atoms with Gasteiger partial charge in [-0.2, -0.15) is 0 Å². The third-order valence-electron chi connectivity index (χ3n) is 7.72. The second kappa shape index (κ2) is 11.2. The fourth-order valence-corrected chi connectivity index (χ4v) is 5.67. The van der Waals surface area contributed by atoms with Crippen molar-refractivity contribution in [3.63, 3.8) is 0 Å². The summed E-state index contributed by atoms with van der Waals surface area (Å²) in [6, 6.07) is 3.89. The molecule has 0 amide bonds. The average molecular weight is 511 g/mol. The van der Waals surface area contributed by atoms with Crippen LogP contribution in [0.25, 0.3) is 5.83 Å². The van der Waals surface area contributed by atoms with Gasteiger partial charge in [0, 0.05) is 11.1 Å². The molecule has 0 unspecified atom stereocenters. The van der Waals surface area contributed by atoms with Crippen LogP contribution in [-0.2, 0) is 0 Å². The van der Waals surface area contributed by atoms with E-state index in [1.165, 1.54) is 0 Å². The number of hydrogen-bond donors (Lipinski definition) is 0. The Labute approximate surface area is 206 Å². The molecule has 0 saturated heterocycles. The number of rotatable bonds is 5. The maximum Gasteiger partial charge on any atom is 0.194 e. The lowest BCUT2D eigenvalue weighted by Crippen LogP contribution is -2.16. The van der Waals surface area contributed by atoms with Crippen LogP contribution in [0.4, 0.5) is 30.7 Å². The van der Waals surface area contributed by atoms with E-state index in [4.69, 9.17) is 0 Å². The zero-order chi connectivity index (χ0) is 26.0. The maximum atomic E-state index is 14.6. The molecule has 0 nitrogen and oxygen atoms in total. The van der Waals surface area contributed by atoms with Gasteiger partial charge in [-0.25, -0.2) is 30.7 Å². The molecule has 36 heavy (non-hydrogen) atoms. The van der Waals surface area contributed by atoms with Gasteiger partial charge in [-0.3, -0.25) is 0 Å². The Morgan fingerprint density at radius 1 is 0.639 bits per heavy atom. The predicted octanol–water partition coefficient (Wildman–Crippen LogP) is 9.81. The van der Waals surface area contributed by atoms with E-state index in [1.54, 1.807) is 0 Å². The van der Waals surface area contributed by atoms with E-state index in [-0.39, 0.29) is 17.4 Å². The Kier molecular flexibility index (Phi) is 8.26. The van der Waals surface area contributed by atoms with Gasteiger partial charge in [-0.05, 0) is 112 Å². The summed E-state index contributed by atoms with van der Waals surface area (Å²) in [5.74, 6) is -7.51. The molecule has 0 atom stereocenters. The summed E-state index contributed by atoms with van der Waals surface area (Å²) < 4.78 is 96.4. The van der Waals surface area contributed by atoms with Crippen molar-refractivity contribution in [3.8, 4) is 0 Å². The summed E-state index contributed by atoms with van der Waals surface area (Å²) in [5, 5.41) is 0. The molecule has 0 heterocycles. The van der Waals surface area contributed by atoms with Crippen molar-refractivity contribution < 1.29 is 30.7 Å². The zero-order valence-corrected chi connectivity index (χ0v) is 20.1. The Morgan fingerprint density at radius 3 is 1.53 bits per heavy atom. The Balaban J connectivity index is 1.30. The molecule has 0 radical (unpaired) electrons. The van der Waals surface area contributed by atoms with E-state index in [1.807, 2.05) is 0 Å². The quantitative estimate of drug-likeness (QED) is 0.213. The van der Waals surface area contributed by atoms with E-state index in [0.717, 1.165) is 69.7 Å². The third-order valence-corrected chi connectivity index (χ3v) is 7.72. The number of hydrogen-bond acceptors (Lipinski definition) is 0. The molecule has 0 N–H and O–H groups in total. The smallest absolute Gasteiger partial charge is 0.194 e. The molecule has 2 fully saturated rings. The summed E-state index contributed by atoms with van der Waals surface area (Å²) in [4.78, 5) is 0. The topological polar surface area (TPSA) is 0 Å². The molecule has 2 aliphatic rings. The van der Waals surface area contributed by atoms with E-state index in [0.29, 0.717) is 30.2 Å². The average Bonchev–Trinajstić information content (AvgIpc) is 2.85. The highest BCUT2D eigenvalue weighted by Gasteiger charge is 2.28. The zero-order valence-electron chi connectivity index (χ0n) is 20.1. The molecule has 2 aromatic rings. The number of halogens is 7. The molecule has 194 valence electrons. The van der Waals surface area contributed by atoms with E-state index < -0.39 is 46.3 Å². The van der Waals surface area contributed by atoms with Crippen molar-refractivity contribution in [1.29, 1.82) is 0 Å². The van der Waals surface area contributed by atoms with Gasteiger partial charge in [0.2, 0.25) is 0 Å². The lowest BCUT2D eigenvalue weighted by molar-refractivity contribution is 0.350. The minimum absolute atomic E-state index is 0.00338. The fourth-order valence-electron chi connectivity index (χ4n) is 5.67. The maximum absolute atomic E-state index is 14.6. The van der Waals surface area contributed by atoms with Gasteiger partial charge in [0.25, 0.3) is 0 Å². The molecule has 4 rings (SSSR count). The largest absolute Gasteiger partial charge is 0.209 e. The van der Waals surface area contributed by atoms with Crippen LogP contribution in [0.5, 0.6) is 0 Å². The summed E-state index contributed by atoms with van der Waals surface area (Å²) >= 11 is 0. The summed E-state index contributed by atoms with van der Waals surface area (Å²) in [7, 11) is 0. The van der Waals surface area contributed by atoms with Crippen LogP contribution in [0.2, 0.25) is 0 Å². The molecule has 0 aromatic heterocycles. The summed E-state index contributed by atoms with van der Waals surface area (Å²) in [6.45, 7) is 0.896. The Morgan fingerprint density at radius 2 is 1.08 bits per heavy atom.